The lowest BCUT2D eigenvalue weighted by Gasteiger charge is -2.19. The molecule has 2 aromatic carbocycles. The zero-order chi connectivity index (χ0) is 21.8. The number of nitrogens with two attached hydrogens (primary N) is 1. The maximum atomic E-state index is 11.0. The molecular formula is C23H26N4O4. The van der Waals surface area contributed by atoms with Crippen molar-refractivity contribution in [2.24, 2.45) is 5.73 Å². The third-order valence-electron chi connectivity index (χ3n) is 5.45. The summed E-state index contributed by atoms with van der Waals surface area (Å²) in [5.41, 5.74) is 7.19. The molecule has 0 saturated carbocycles. The Morgan fingerprint density at radius 2 is 2.06 bits per heavy atom. The molecule has 1 atom stereocenters. The summed E-state index contributed by atoms with van der Waals surface area (Å²) >= 11 is 0. The van der Waals surface area contributed by atoms with Crippen LogP contribution in [-0.4, -0.2) is 44.5 Å². The summed E-state index contributed by atoms with van der Waals surface area (Å²) in [5, 5.41) is 5.59. The minimum absolute atomic E-state index is 0.199. The van der Waals surface area contributed by atoms with Crippen molar-refractivity contribution in [1.29, 1.82) is 0 Å². The second kappa shape index (κ2) is 8.99. The van der Waals surface area contributed by atoms with E-state index >= 15 is 0 Å². The van der Waals surface area contributed by atoms with Crippen molar-refractivity contribution in [2.75, 3.05) is 37.5 Å². The average Bonchev–Trinajstić information content (AvgIpc) is 3.24. The van der Waals surface area contributed by atoms with Crippen LogP contribution in [0.15, 0.2) is 48.7 Å². The first kappa shape index (κ1) is 20.6. The van der Waals surface area contributed by atoms with Gasteiger partial charge in [0, 0.05) is 48.4 Å². The number of pyridine rings is 1. The number of fused-ring (bicyclic) bond motifs is 1. The van der Waals surface area contributed by atoms with Crippen molar-refractivity contribution in [3.05, 3.63) is 54.2 Å². The number of carbonyl (C=O) groups is 1. The van der Waals surface area contributed by atoms with Crippen LogP contribution in [0.3, 0.4) is 0 Å². The van der Waals surface area contributed by atoms with Crippen LogP contribution >= 0.6 is 0 Å². The predicted molar refractivity (Wildman–Crippen MR) is 120 cm³/mol. The second-order valence-electron chi connectivity index (χ2n) is 7.40. The normalized spacial score (nSPS) is 15.7. The molecule has 1 amide bonds. The number of anilines is 2. The van der Waals surface area contributed by atoms with Crippen LogP contribution in [0.25, 0.3) is 10.8 Å². The molecule has 4 rings (SSSR count). The van der Waals surface area contributed by atoms with Crippen molar-refractivity contribution < 1.29 is 19.0 Å². The van der Waals surface area contributed by atoms with Gasteiger partial charge in [0.25, 0.3) is 0 Å². The van der Waals surface area contributed by atoms with Gasteiger partial charge in [-0.1, -0.05) is 0 Å². The van der Waals surface area contributed by atoms with Crippen LogP contribution < -0.4 is 25.4 Å². The lowest BCUT2D eigenvalue weighted by atomic mass is 10.1. The monoisotopic (exact) mass is 422 g/mol. The first-order chi connectivity index (χ1) is 15.1. The van der Waals surface area contributed by atoms with Gasteiger partial charge in [0.1, 0.15) is 23.4 Å². The highest BCUT2D eigenvalue weighted by molar-refractivity contribution is 5.94. The van der Waals surface area contributed by atoms with E-state index in [2.05, 4.69) is 27.3 Å². The van der Waals surface area contributed by atoms with Gasteiger partial charge >= 0.3 is 6.09 Å². The Labute approximate surface area is 180 Å². The molecule has 1 unspecified atom stereocenters. The van der Waals surface area contributed by atoms with E-state index in [1.807, 2.05) is 30.3 Å². The first-order valence-electron chi connectivity index (χ1n) is 10.1. The van der Waals surface area contributed by atoms with Gasteiger partial charge in [-0.2, -0.15) is 0 Å². The lowest BCUT2D eigenvalue weighted by molar-refractivity contribution is 0.117. The fraction of sp³-hybridized carbons (Fsp3) is 0.304. The van der Waals surface area contributed by atoms with E-state index in [1.165, 1.54) is 0 Å². The van der Waals surface area contributed by atoms with Crippen LogP contribution in [0.4, 0.5) is 16.3 Å². The third-order valence-corrected chi connectivity index (χ3v) is 5.45. The van der Waals surface area contributed by atoms with E-state index in [0.717, 1.165) is 52.3 Å². The number of nitrogens with one attached hydrogen (secondary N) is 1. The number of carbonyl (C=O) groups excluding carboxylic acids is 1. The summed E-state index contributed by atoms with van der Waals surface area (Å²) in [7, 11) is 3.29. The first-order valence-corrected chi connectivity index (χ1v) is 10.1. The Hall–Kier alpha value is -3.68. The quantitative estimate of drug-likeness (QED) is 0.601. The zero-order valence-electron chi connectivity index (χ0n) is 17.6. The lowest BCUT2D eigenvalue weighted by Crippen LogP contribution is -2.27. The molecule has 1 aromatic heterocycles. The number of rotatable bonds is 7. The molecule has 1 aliphatic rings. The minimum Gasteiger partial charge on any atom is -0.497 e. The van der Waals surface area contributed by atoms with E-state index in [4.69, 9.17) is 19.9 Å². The van der Waals surface area contributed by atoms with Gasteiger partial charge in [-0.05, 0) is 41.8 Å². The molecular weight excluding hydrogens is 396 g/mol. The van der Waals surface area contributed by atoms with Crippen molar-refractivity contribution in [3.63, 3.8) is 0 Å². The number of amides is 1. The number of methoxy groups -OCH3 is 2. The molecule has 0 aliphatic carbocycles. The summed E-state index contributed by atoms with van der Waals surface area (Å²) in [5.74, 6) is 2.43. The van der Waals surface area contributed by atoms with Crippen LogP contribution in [0, 0.1) is 0 Å². The smallest absolute Gasteiger partial charge is 0.404 e. The maximum Gasteiger partial charge on any atom is 0.404 e. The number of primary amides is 1. The van der Waals surface area contributed by atoms with E-state index in [-0.39, 0.29) is 6.10 Å². The number of hydrogen-bond acceptors (Lipinski definition) is 7. The Kier molecular flexibility index (Phi) is 5.97. The SMILES string of the molecule is COc1ccc(CNc2ccc3c(N4CCC(OC(N)=O)C4)nccc3c2)c(OC)c1. The minimum atomic E-state index is -0.734. The van der Waals surface area contributed by atoms with Gasteiger partial charge in [0.05, 0.1) is 20.8 Å². The molecule has 3 aromatic rings. The summed E-state index contributed by atoms with van der Waals surface area (Å²) < 4.78 is 15.9. The van der Waals surface area contributed by atoms with Crippen LogP contribution in [0.2, 0.25) is 0 Å². The summed E-state index contributed by atoms with van der Waals surface area (Å²) in [6, 6.07) is 14.0. The highest BCUT2D eigenvalue weighted by Gasteiger charge is 2.26. The molecule has 1 aliphatic heterocycles. The van der Waals surface area contributed by atoms with E-state index < -0.39 is 6.09 Å². The Morgan fingerprint density at radius 1 is 1.19 bits per heavy atom. The van der Waals surface area contributed by atoms with Crippen LogP contribution in [0.5, 0.6) is 11.5 Å². The summed E-state index contributed by atoms with van der Waals surface area (Å²) in [4.78, 5) is 17.7. The van der Waals surface area contributed by atoms with Gasteiger partial charge in [-0.15, -0.1) is 0 Å². The molecule has 162 valence electrons. The van der Waals surface area contributed by atoms with Crippen LogP contribution in [0.1, 0.15) is 12.0 Å². The molecule has 0 bridgehead atoms. The predicted octanol–water partition coefficient (Wildman–Crippen LogP) is 3.54. The van der Waals surface area contributed by atoms with E-state index in [9.17, 15) is 4.79 Å². The Balaban J connectivity index is 1.50. The van der Waals surface area contributed by atoms with Gasteiger partial charge in [-0.3, -0.25) is 0 Å². The molecule has 0 radical (unpaired) electrons. The van der Waals surface area contributed by atoms with Crippen molar-refractivity contribution in [2.45, 2.75) is 19.1 Å². The van der Waals surface area contributed by atoms with Crippen molar-refractivity contribution >= 4 is 28.4 Å². The molecule has 1 saturated heterocycles. The Morgan fingerprint density at radius 3 is 2.84 bits per heavy atom. The molecule has 8 heteroatoms. The van der Waals surface area contributed by atoms with Gasteiger partial charge in [0.15, 0.2) is 0 Å². The molecule has 31 heavy (non-hydrogen) atoms. The molecule has 3 N–H and O–H groups in total. The largest absolute Gasteiger partial charge is 0.497 e. The summed E-state index contributed by atoms with van der Waals surface area (Å²) in [6.07, 6.45) is 1.61. The van der Waals surface area contributed by atoms with Crippen molar-refractivity contribution in [1.82, 2.24) is 4.98 Å². The second-order valence-corrected chi connectivity index (χ2v) is 7.40. The standard InChI is InChI=1S/C23H26N4O4/c1-29-18-5-3-16(21(12-18)30-2)13-26-17-4-6-20-15(11-17)7-9-25-22(20)27-10-8-19(14-27)31-23(24)28/h3-7,9,11-12,19,26H,8,10,13-14H2,1-2H3,(H2,24,28). The van der Waals surface area contributed by atoms with E-state index in [1.54, 1.807) is 20.4 Å². The van der Waals surface area contributed by atoms with E-state index in [0.29, 0.717) is 13.1 Å². The third kappa shape index (κ3) is 4.58. The molecule has 0 spiro atoms. The average molecular weight is 422 g/mol. The fourth-order valence-corrected chi connectivity index (χ4v) is 3.90. The highest BCUT2D eigenvalue weighted by atomic mass is 16.6. The Bertz CT molecular complexity index is 1090. The zero-order valence-corrected chi connectivity index (χ0v) is 17.6. The fourth-order valence-electron chi connectivity index (χ4n) is 3.90. The van der Waals surface area contributed by atoms with Crippen LogP contribution in [-0.2, 0) is 11.3 Å². The van der Waals surface area contributed by atoms with Gasteiger partial charge in [0.2, 0.25) is 0 Å². The molecule has 1 fully saturated rings. The van der Waals surface area contributed by atoms with Crippen molar-refractivity contribution in [3.8, 4) is 11.5 Å². The van der Waals surface area contributed by atoms with Gasteiger partial charge < -0.3 is 30.2 Å². The number of benzene rings is 2. The number of ether oxygens (including phenoxy) is 3. The number of aromatic nitrogens is 1. The highest BCUT2D eigenvalue weighted by Crippen LogP contribution is 2.30. The molecule has 2 heterocycles. The van der Waals surface area contributed by atoms with Gasteiger partial charge in [-0.25, -0.2) is 9.78 Å². The number of hydrogen-bond donors (Lipinski definition) is 2. The number of nitrogens with zero attached hydrogens (tertiary/aromatic N) is 2. The maximum absolute atomic E-state index is 11.0. The molecule has 8 nitrogen and oxygen atoms in total. The summed E-state index contributed by atoms with van der Waals surface area (Å²) in [6.45, 7) is 1.97. The topological polar surface area (TPSA) is 98.9 Å².